The van der Waals surface area contributed by atoms with Crippen molar-refractivity contribution in [1.82, 2.24) is 14.5 Å². The predicted molar refractivity (Wildman–Crippen MR) is 236 cm³/mol. The third kappa shape index (κ3) is 4.83. The van der Waals surface area contributed by atoms with Gasteiger partial charge in [0, 0.05) is 27.1 Å². The molecule has 8 aromatic carbocycles. The van der Waals surface area contributed by atoms with E-state index in [-0.39, 0.29) is 5.41 Å². The number of allylic oxidation sites excluding steroid dienone is 1. The lowest BCUT2D eigenvalue weighted by molar-refractivity contribution is 0.360. The molecule has 58 heavy (non-hydrogen) atoms. The SMILES string of the molecule is CC1(C)C(c2ccccc2)=Cc2ccc3nc(-n4c5ccc(-c6ccc7c(c6)Oc6ccccc6O7)cc5c5c6ccccc6ccc54)nc(-c4ccccc4)c3c21. The Morgan fingerprint density at radius 2 is 1.14 bits per heavy atom. The minimum absolute atomic E-state index is 0.274. The molecule has 0 amide bonds. The van der Waals surface area contributed by atoms with E-state index in [0.29, 0.717) is 23.2 Å². The van der Waals surface area contributed by atoms with Crippen molar-refractivity contribution in [3.8, 4) is 51.3 Å². The maximum Gasteiger partial charge on any atom is 0.235 e. The van der Waals surface area contributed by atoms with E-state index in [2.05, 4.69) is 164 Å². The van der Waals surface area contributed by atoms with Gasteiger partial charge in [-0.15, -0.1) is 0 Å². The standard InChI is InChI=1S/C53H35N3O2/c1-53(2)40(33-14-5-3-6-15-33)30-37-21-25-41-49(50(37)53)51(34-16-7-4-8-17-34)55-52(54-41)56-42-26-23-35(29-39(42)48-38-18-10-9-13-32(38)22-27-43(48)56)36-24-28-46-47(31-36)58-45-20-12-11-19-44(45)57-46/h3-31H,1-2H3. The van der Waals surface area contributed by atoms with Crippen LogP contribution < -0.4 is 9.47 Å². The van der Waals surface area contributed by atoms with E-state index in [9.17, 15) is 0 Å². The minimum atomic E-state index is -0.274. The molecule has 2 aromatic heterocycles. The summed E-state index contributed by atoms with van der Waals surface area (Å²) in [5.74, 6) is 3.47. The van der Waals surface area contributed by atoms with Crippen LogP contribution in [0.15, 0.2) is 170 Å². The summed E-state index contributed by atoms with van der Waals surface area (Å²) in [6.07, 6.45) is 2.35. The summed E-state index contributed by atoms with van der Waals surface area (Å²) < 4.78 is 14.8. The van der Waals surface area contributed by atoms with Crippen molar-refractivity contribution in [2.24, 2.45) is 0 Å². The molecule has 0 saturated carbocycles. The Morgan fingerprint density at radius 3 is 1.95 bits per heavy atom. The van der Waals surface area contributed by atoms with E-state index < -0.39 is 0 Å². The van der Waals surface area contributed by atoms with Crippen LogP contribution in [0.2, 0.25) is 0 Å². The van der Waals surface area contributed by atoms with Crippen LogP contribution in [0.5, 0.6) is 23.0 Å². The fraction of sp³-hybridized carbons (Fsp3) is 0.0566. The first kappa shape index (κ1) is 32.7. The van der Waals surface area contributed by atoms with Gasteiger partial charge in [-0.25, -0.2) is 9.97 Å². The second kappa shape index (κ2) is 12.2. The van der Waals surface area contributed by atoms with E-state index in [0.717, 1.165) is 60.8 Å². The number of hydrogen-bond acceptors (Lipinski definition) is 4. The van der Waals surface area contributed by atoms with E-state index in [1.807, 2.05) is 30.3 Å². The van der Waals surface area contributed by atoms with E-state index in [1.165, 1.54) is 33.0 Å². The Labute approximate surface area is 335 Å². The fourth-order valence-corrected chi connectivity index (χ4v) is 9.35. The molecule has 0 bridgehead atoms. The molecule has 5 nitrogen and oxygen atoms in total. The van der Waals surface area contributed by atoms with Gasteiger partial charge in [0.15, 0.2) is 23.0 Å². The van der Waals surface area contributed by atoms with Crippen LogP contribution in [-0.2, 0) is 5.41 Å². The summed E-state index contributed by atoms with van der Waals surface area (Å²) >= 11 is 0. The molecule has 0 spiro atoms. The lowest BCUT2D eigenvalue weighted by Crippen LogP contribution is -2.18. The average Bonchev–Trinajstić information content (AvgIpc) is 3.76. The lowest BCUT2D eigenvalue weighted by Gasteiger charge is -2.27. The van der Waals surface area contributed by atoms with Crippen LogP contribution in [0.1, 0.15) is 30.5 Å². The van der Waals surface area contributed by atoms with Gasteiger partial charge in [0.25, 0.3) is 0 Å². The zero-order valence-corrected chi connectivity index (χ0v) is 31.9. The van der Waals surface area contributed by atoms with E-state index in [1.54, 1.807) is 0 Å². The van der Waals surface area contributed by atoms with Crippen molar-refractivity contribution in [3.63, 3.8) is 0 Å². The second-order valence-corrected chi connectivity index (χ2v) is 15.8. The average molecular weight is 746 g/mol. The van der Waals surface area contributed by atoms with Crippen LogP contribution in [0.4, 0.5) is 0 Å². The van der Waals surface area contributed by atoms with E-state index in [4.69, 9.17) is 19.4 Å². The molecule has 0 atom stereocenters. The molecule has 0 saturated heterocycles. The zero-order chi connectivity index (χ0) is 38.5. The lowest BCUT2D eigenvalue weighted by atomic mass is 9.76. The Kier molecular flexibility index (Phi) is 6.91. The molecular formula is C53H35N3O2. The van der Waals surface area contributed by atoms with Crippen molar-refractivity contribution in [1.29, 1.82) is 0 Å². The molecule has 0 N–H and O–H groups in total. The Balaban J connectivity index is 1.09. The first-order valence-electron chi connectivity index (χ1n) is 19.7. The summed E-state index contributed by atoms with van der Waals surface area (Å²) in [5.41, 5.74) is 11.8. The Morgan fingerprint density at radius 1 is 0.483 bits per heavy atom. The highest BCUT2D eigenvalue weighted by molar-refractivity contribution is 6.22. The maximum atomic E-state index is 6.32. The van der Waals surface area contributed by atoms with Gasteiger partial charge in [-0.1, -0.05) is 135 Å². The summed E-state index contributed by atoms with van der Waals surface area (Å²) in [6, 6.07) is 59.4. The third-order valence-corrected chi connectivity index (χ3v) is 12.0. The molecule has 0 unspecified atom stereocenters. The molecular weight excluding hydrogens is 711 g/mol. The highest BCUT2D eigenvalue weighted by atomic mass is 16.6. The molecule has 10 aromatic rings. The molecule has 2 aliphatic rings. The van der Waals surface area contributed by atoms with Crippen molar-refractivity contribution < 1.29 is 9.47 Å². The third-order valence-electron chi connectivity index (χ3n) is 12.0. The molecule has 0 fully saturated rings. The quantitative estimate of drug-likeness (QED) is 0.180. The summed E-state index contributed by atoms with van der Waals surface area (Å²) in [7, 11) is 0. The first-order valence-corrected chi connectivity index (χ1v) is 19.7. The number of ether oxygens (including phenoxy) is 2. The Bertz CT molecular complexity index is 3360. The van der Waals surface area contributed by atoms with Crippen molar-refractivity contribution in [2.75, 3.05) is 0 Å². The fourth-order valence-electron chi connectivity index (χ4n) is 9.35. The number of rotatable bonds is 4. The zero-order valence-electron chi connectivity index (χ0n) is 31.9. The molecule has 3 heterocycles. The minimum Gasteiger partial charge on any atom is -0.450 e. The molecule has 0 radical (unpaired) electrons. The van der Waals surface area contributed by atoms with Crippen molar-refractivity contribution >= 4 is 55.1 Å². The molecule has 274 valence electrons. The number of para-hydroxylation sites is 2. The van der Waals surface area contributed by atoms with Gasteiger partial charge in [-0.3, -0.25) is 4.57 Å². The van der Waals surface area contributed by atoms with Crippen LogP contribution in [-0.4, -0.2) is 14.5 Å². The molecule has 1 aliphatic heterocycles. The van der Waals surface area contributed by atoms with Gasteiger partial charge in [0.05, 0.1) is 22.2 Å². The smallest absolute Gasteiger partial charge is 0.235 e. The second-order valence-electron chi connectivity index (χ2n) is 15.8. The first-order chi connectivity index (χ1) is 28.5. The predicted octanol–water partition coefficient (Wildman–Crippen LogP) is 13.9. The molecule has 5 heteroatoms. The highest BCUT2D eigenvalue weighted by Gasteiger charge is 2.37. The topological polar surface area (TPSA) is 49.2 Å². The van der Waals surface area contributed by atoms with Crippen molar-refractivity contribution in [2.45, 2.75) is 19.3 Å². The summed E-state index contributed by atoms with van der Waals surface area (Å²) in [5, 5.41) is 5.75. The highest BCUT2D eigenvalue weighted by Crippen LogP contribution is 2.51. The van der Waals surface area contributed by atoms with E-state index >= 15 is 0 Å². The van der Waals surface area contributed by atoms with Gasteiger partial charge < -0.3 is 9.47 Å². The van der Waals surface area contributed by atoms with Gasteiger partial charge in [-0.05, 0) is 98.8 Å². The van der Waals surface area contributed by atoms with Gasteiger partial charge in [-0.2, -0.15) is 0 Å². The molecule has 12 rings (SSSR count). The number of aromatic nitrogens is 3. The van der Waals surface area contributed by atoms with Crippen LogP contribution >= 0.6 is 0 Å². The number of fused-ring (bicyclic) bond motifs is 10. The van der Waals surface area contributed by atoms with Gasteiger partial charge in [0.2, 0.25) is 5.95 Å². The van der Waals surface area contributed by atoms with Crippen LogP contribution in [0.25, 0.3) is 83.5 Å². The Hall–Kier alpha value is -7.50. The number of benzene rings is 8. The molecule has 1 aliphatic carbocycles. The van der Waals surface area contributed by atoms with Crippen LogP contribution in [0.3, 0.4) is 0 Å². The van der Waals surface area contributed by atoms with Crippen LogP contribution in [0, 0.1) is 0 Å². The summed E-state index contributed by atoms with van der Waals surface area (Å²) in [4.78, 5) is 11.1. The largest absolute Gasteiger partial charge is 0.450 e. The van der Waals surface area contributed by atoms with Crippen molar-refractivity contribution in [3.05, 3.63) is 187 Å². The van der Waals surface area contributed by atoms with Gasteiger partial charge in [0.1, 0.15) is 0 Å². The number of hydrogen-bond donors (Lipinski definition) is 0. The number of nitrogens with zero attached hydrogens (tertiary/aromatic N) is 3. The maximum absolute atomic E-state index is 6.32. The monoisotopic (exact) mass is 745 g/mol. The summed E-state index contributed by atoms with van der Waals surface area (Å²) in [6.45, 7) is 4.66. The normalized spacial score (nSPS) is 13.9. The van der Waals surface area contributed by atoms with Gasteiger partial charge >= 0.3 is 0 Å².